The second-order valence-corrected chi connectivity index (χ2v) is 4.95. The molecule has 0 unspecified atom stereocenters. The number of aliphatic hydroxyl groups is 1. The molecule has 2 amide bonds. The SMILES string of the molecule is O=C(NCC#Cc1ccccc1)N[C@@H]1CCCC[C@@H]1O. The third-order valence-corrected chi connectivity index (χ3v) is 3.39. The maximum absolute atomic E-state index is 11.7. The summed E-state index contributed by atoms with van der Waals surface area (Å²) in [5, 5.41) is 15.3. The Hall–Kier alpha value is -1.99. The first kappa shape index (κ1) is 14.4. The largest absolute Gasteiger partial charge is 0.391 e. The number of nitrogens with one attached hydrogen (secondary N) is 2. The van der Waals surface area contributed by atoms with Crippen LogP contribution in [-0.2, 0) is 0 Å². The minimum Gasteiger partial charge on any atom is -0.391 e. The van der Waals surface area contributed by atoms with Crippen LogP contribution in [0.1, 0.15) is 31.2 Å². The average molecular weight is 272 g/mol. The predicted octanol–water partition coefficient (Wildman–Crippen LogP) is 1.64. The van der Waals surface area contributed by atoms with Gasteiger partial charge in [-0.3, -0.25) is 0 Å². The summed E-state index contributed by atoms with van der Waals surface area (Å²) in [5.74, 6) is 5.87. The van der Waals surface area contributed by atoms with Crippen LogP contribution >= 0.6 is 0 Å². The van der Waals surface area contributed by atoms with Gasteiger partial charge in [-0.15, -0.1) is 0 Å². The van der Waals surface area contributed by atoms with Crippen LogP contribution in [0.4, 0.5) is 4.79 Å². The molecule has 0 spiro atoms. The lowest BCUT2D eigenvalue weighted by molar-refractivity contribution is 0.0944. The van der Waals surface area contributed by atoms with Crippen molar-refractivity contribution >= 4 is 6.03 Å². The van der Waals surface area contributed by atoms with E-state index in [0.29, 0.717) is 6.54 Å². The highest BCUT2D eigenvalue weighted by molar-refractivity contribution is 5.74. The van der Waals surface area contributed by atoms with Gasteiger partial charge in [0.25, 0.3) is 0 Å². The summed E-state index contributed by atoms with van der Waals surface area (Å²) in [6.45, 7) is 0.295. The fraction of sp³-hybridized carbons (Fsp3) is 0.438. The van der Waals surface area contributed by atoms with Gasteiger partial charge in [0.2, 0.25) is 0 Å². The van der Waals surface area contributed by atoms with Crippen molar-refractivity contribution in [2.75, 3.05) is 6.54 Å². The zero-order valence-electron chi connectivity index (χ0n) is 11.4. The molecule has 1 saturated carbocycles. The number of amides is 2. The van der Waals surface area contributed by atoms with Crippen LogP contribution in [-0.4, -0.2) is 29.8 Å². The Kier molecular flexibility index (Phi) is 5.45. The first-order valence-corrected chi connectivity index (χ1v) is 7.02. The van der Waals surface area contributed by atoms with Crippen molar-refractivity contribution in [1.82, 2.24) is 10.6 Å². The van der Waals surface area contributed by atoms with Crippen molar-refractivity contribution in [2.24, 2.45) is 0 Å². The van der Waals surface area contributed by atoms with E-state index in [2.05, 4.69) is 22.5 Å². The molecule has 1 aliphatic rings. The molecule has 1 aliphatic carbocycles. The highest BCUT2D eigenvalue weighted by Gasteiger charge is 2.23. The molecule has 1 aromatic carbocycles. The molecular weight excluding hydrogens is 252 g/mol. The summed E-state index contributed by atoms with van der Waals surface area (Å²) in [5.41, 5.74) is 0.928. The van der Waals surface area contributed by atoms with Crippen LogP contribution in [0.25, 0.3) is 0 Å². The van der Waals surface area contributed by atoms with E-state index in [1.165, 1.54) is 0 Å². The summed E-state index contributed by atoms with van der Waals surface area (Å²) >= 11 is 0. The molecule has 0 saturated heterocycles. The Morgan fingerprint density at radius 2 is 2.00 bits per heavy atom. The minimum atomic E-state index is -0.426. The van der Waals surface area contributed by atoms with Gasteiger partial charge in [0.1, 0.15) is 0 Å². The number of hydrogen-bond donors (Lipinski definition) is 3. The maximum Gasteiger partial charge on any atom is 0.315 e. The minimum absolute atomic E-state index is 0.133. The van der Waals surface area contributed by atoms with E-state index in [0.717, 1.165) is 31.2 Å². The Labute approximate surface area is 119 Å². The summed E-state index contributed by atoms with van der Waals surface area (Å²) in [4.78, 5) is 11.7. The van der Waals surface area contributed by atoms with E-state index in [4.69, 9.17) is 0 Å². The van der Waals surface area contributed by atoms with Gasteiger partial charge in [0.15, 0.2) is 0 Å². The normalized spacial score (nSPS) is 21.4. The Morgan fingerprint density at radius 1 is 1.25 bits per heavy atom. The standard InChI is InChI=1S/C16H20N2O2/c19-15-11-5-4-10-14(15)18-16(20)17-12-6-9-13-7-2-1-3-8-13/h1-3,7-8,14-15,19H,4-5,10-12H2,(H2,17,18,20)/t14-,15+/m1/s1. The van der Waals surface area contributed by atoms with Crippen molar-refractivity contribution in [3.05, 3.63) is 35.9 Å². The summed E-state index contributed by atoms with van der Waals surface area (Å²) in [7, 11) is 0. The van der Waals surface area contributed by atoms with Crippen LogP contribution in [0.5, 0.6) is 0 Å². The fourth-order valence-electron chi connectivity index (χ4n) is 2.29. The average Bonchev–Trinajstić information content (AvgIpc) is 2.47. The number of urea groups is 1. The van der Waals surface area contributed by atoms with E-state index in [1.807, 2.05) is 30.3 Å². The Morgan fingerprint density at radius 3 is 2.75 bits per heavy atom. The molecule has 3 N–H and O–H groups in total. The third kappa shape index (κ3) is 4.60. The van der Waals surface area contributed by atoms with Crippen molar-refractivity contribution in [3.8, 4) is 11.8 Å². The number of benzene rings is 1. The number of rotatable bonds is 2. The van der Waals surface area contributed by atoms with E-state index in [1.54, 1.807) is 0 Å². The molecule has 4 nitrogen and oxygen atoms in total. The molecule has 2 atom stereocenters. The number of hydrogen-bond acceptors (Lipinski definition) is 2. The molecule has 0 aromatic heterocycles. The van der Waals surface area contributed by atoms with Gasteiger partial charge in [-0.05, 0) is 25.0 Å². The highest BCUT2D eigenvalue weighted by atomic mass is 16.3. The second kappa shape index (κ2) is 7.56. The van der Waals surface area contributed by atoms with Crippen LogP contribution in [0.15, 0.2) is 30.3 Å². The zero-order valence-corrected chi connectivity index (χ0v) is 11.4. The Bertz CT molecular complexity index is 490. The van der Waals surface area contributed by atoms with Crippen LogP contribution in [0.2, 0.25) is 0 Å². The van der Waals surface area contributed by atoms with Gasteiger partial charge in [-0.2, -0.15) is 0 Å². The molecule has 2 rings (SSSR count). The summed E-state index contributed by atoms with van der Waals surface area (Å²) in [6.07, 6.45) is 3.26. The smallest absolute Gasteiger partial charge is 0.315 e. The van der Waals surface area contributed by atoms with Gasteiger partial charge < -0.3 is 15.7 Å². The fourth-order valence-corrected chi connectivity index (χ4v) is 2.29. The van der Waals surface area contributed by atoms with Crippen LogP contribution in [0.3, 0.4) is 0 Å². The van der Waals surface area contributed by atoms with Crippen molar-refractivity contribution in [3.63, 3.8) is 0 Å². The molecule has 1 aromatic rings. The first-order chi connectivity index (χ1) is 9.75. The van der Waals surface area contributed by atoms with E-state index >= 15 is 0 Å². The monoisotopic (exact) mass is 272 g/mol. The topological polar surface area (TPSA) is 61.4 Å². The lowest BCUT2D eigenvalue weighted by Crippen LogP contribution is -2.49. The van der Waals surface area contributed by atoms with Gasteiger partial charge in [-0.25, -0.2) is 4.79 Å². The Balaban J connectivity index is 1.71. The molecule has 4 heteroatoms. The van der Waals surface area contributed by atoms with Gasteiger partial charge in [0.05, 0.1) is 18.7 Å². The van der Waals surface area contributed by atoms with Crippen molar-refractivity contribution in [1.29, 1.82) is 0 Å². The molecular formula is C16H20N2O2. The predicted molar refractivity (Wildman–Crippen MR) is 78.1 cm³/mol. The van der Waals surface area contributed by atoms with Crippen LogP contribution in [0, 0.1) is 11.8 Å². The maximum atomic E-state index is 11.7. The summed E-state index contributed by atoms with van der Waals surface area (Å²) < 4.78 is 0. The molecule has 106 valence electrons. The molecule has 0 aliphatic heterocycles. The third-order valence-electron chi connectivity index (χ3n) is 3.39. The van der Waals surface area contributed by atoms with E-state index in [-0.39, 0.29) is 12.1 Å². The summed E-state index contributed by atoms with van der Waals surface area (Å²) in [6, 6.07) is 9.23. The van der Waals surface area contributed by atoms with Gasteiger partial charge >= 0.3 is 6.03 Å². The van der Waals surface area contributed by atoms with Gasteiger partial charge in [-0.1, -0.05) is 42.9 Å². The van der Waals surface area contributed by atoms with Crippen molar-refractivity contribution < 1.29 is 9.90 Å². The molecule has 20 heavy (non-hydrogen) atoms. The molecule has 1 fully saturated rings. The second-order valence-electron chi connectivity index (χ2n) is 4.95. The van der Waals surface area contributed by atoms with Crippen molar-refractivity contribution in [2.45, 2.75) is 37.8 Å². The lowest BCUT2D eigenvalue weighted by Gasteiger charge is -2.28. The van der Waals surface area contributed by atoms with E-state index in [9.17, 15) is 9.90 Å². The van der Waals surface area contributed by atoms with E-state index < -0.39 is 6.10 Å². The molecule has 0 heterocycles. The van der Waals surface area contributed by atoms with Gasteiger partial charge in [0, 0.05) is 5.56 Å². The van der Waals surface area contributed by atoms with Crippen LogP contribution < -0.4 is 10.6 Å². The highest BCUT2D eigenvalue weighted by Crippen LogP contribution is 2.17. The number of carbonyl (C=O) groups is 1. The quantitative estimate of drug-likeness (QED) is 0.717. The lowest BCUT2D eigenvalue weighted by atomic mass is 9.93. The zero-order chi connectivity index (χ0) is 14.2. The number of aliphatic hydroxyl groups excluding tert-OH is 1. The first-order valence-electron chi connectivity index (χ1n) is 7.02. The molecule has 0 bridgehead atoms. The molecule has 0 radical (unpaired) electrons. The number of carbonyl (C=O) groups excluding carboxylic acids is 1.